The molecule has 0 aliphatic carbocycles. The summed E-state index contributed by atoms with van der Waals surface area (Å²) in [7, 11) is 0. The van der Waals surface area contributed by atoms with Gasteiger partial charge in [0.1, 0.15) is 12.4 Å². The number of hydrogen-bond acceptors (Lipinski definition) is 4. The number of carbonyl (C=O) groups is 1. The average molecular weight is 331 g/mol. The first kappa shape index (κ1) is 20.7. The summed E-state index contributed by atoms with van der Waals surface area (Å²) in [6, 6.07) is 5.95. The summed E-state index contributed by atoms with van der Waals surface area (Å²) in [4.78, 5) is 11.8. The van der Waals surface area contributed by atoms with Crippen molar-refractivity contribution in [3.63, 3.8) is 0 Å². The minimum Gasteiger partial charge on any atom is -0.491 e. The van der Waals surface area contributed by atoms with Gasteiger partial charge in [-0.2, -0.15) is 0 Å². The van der Waals surface area contributed by atoms with Crippen LogP contribution in [0.5, 0.6) is 5.75 Å². The predicted octanol–water partition coefficient (Wildman–Crippen LogP) is 2.04. The molecule has 0 radical (unpaired) electrons. The van der Waals surface area contributed by atoms with Crippen molar-refractivity contribution in [2.24, 2.45) is 11.7 Å². The second kappa shape index (κ2) is 11.3. The summed E-state index contributed by atoms with van der Waals surface area (Å²) in [6.07, 6.45) is 0. The lowest BCUT2D eigenvalue weighted by Crippen LogP contribution is -2.32. The first-order valence-corrected chi connectivity index (χ1v) is 7.36. The van der Waals surface area contributed by atoms with Crippen LogP contribution in [0, 0.1) is 12.8 Å². The molecule has 126 valence electrons. The molecule has 6 heteroatoms. The van der Waals surface area contributed by atoms with Crippen LogP contribution in [0.1, 0.15) is 25.0 Å². The van der Waals surface area contributed by atoms with E-state index in [-0.39, 0.29) is 24.2 Å². The Kier molecular flexibility index (Phi) is 10.6. The third-order valence-electron chi connectivity index (χ3n) is 3.17. The van der Waals surface area contributed by atoms with Gasteiger partial charge >= 0.3 is 0 Å². The number of nitrogens with two attached hydrogens (primary N) is 1. The molecular formula is C16H27ClN2O3. The Morgan fingerprint density at radius 3 is 2.73 bits per heavy atom. The Balaban J connectivity index is 0.00000441. The number of rotatable bonds is 9. The van der Waals surface area contributed by atoms with E-state index in [0.29, 0.717) is 32.9 Å². The van der Waals surface area contributed by atoms with Gasteiger partial charge in [-0.15, -0.1) is 12.4 Å². The molecule has 5 nitrogen and oxygen atoms in total. The number of hydrogen-bond donors (Lipinski definition) is 2. The van der Waals surface area contributed by atoms with Gasteiger partial charge in [0.25, 0.3) is 0 Å². The van der Waals surface area contributed by atoms with E-state index in [1.54, 1.807) is 0 Å². The van der Waals surface area contributed by atoms with Crippen molar-refractivity contribution in [3.05, 3.63) is 29.3 Å². The van der Waals surface area contributed by atoms with E-state index in [1.165, 1.54) is 0 Å². The van der Waals surface area contributed by atoms with Crippen molar-refractivity contribution in [3.8, 4) is 5.75 Å². The van der Waals surface area contributed by atoms with Gasteiger partial charge in [-0.3, -0.25) is 4.79 Å². The molecule has 0 aliphatic heterocycles. The maximum atomic E-state index is 11.8. The fraction of sp³-hybridized carbons (Fsp3) is 0.562. The van der Waals surface area contributed by atoms with E-state index in [4.69, 9.17) is 15.2 Å². The number of halogens is 1. The monoisotopic (exact) mass is 330 g/mol. The Hall–Kier alpha value is -1.30. The number of ether oxygens (including phenoxy) is 2. The van der Waals surface area contributed by atoms with E-state index in [1.807, 2.05) is 39.0 Å². The summed E-state index contributed by atoms with van der Waals surface area (Å²) in [6.45, 7) is 8.28. The standard InChI is InChI=1S/C16H26N2O3.ClH/c1-4-20-7-8-21-15-9-12(2)5-6-14(15)11-18-16(19)13(3)10-17;/h5-6,9,13H,4,7-8,10-11,17H2,1-3H3,(H,18,19);1H. The van der Waals surface area contributed by atoms with Gasteiger partial charge in [-0.1, -0.05) is 19.1 Å². The number of benzene rings is 1. The molecular weight excluding hydrogens is 304 g/mol. The van der Waals surface area contributed by atoms with E-state index in [2.05, 4.69) is 5.32 Å². The van der Waals surface area contributed by atoms with Crippen molar-refractivity contribution in [1.29, 1.82) is 0 Å². The summed E-state index contributed by atoms with van der Waals surface area (Å²) < 4.78 is 11.0. The highest BCUT2D eigenvalue weighted by Gasteiger charge is 2.11. The van der Waals surface area contributed by atoms with E-state index < -0.39 is 0 Å². The topological polar surface area (TPSA) is 73.6 Å². The van der Waals surface area contributed by atoms with Gasteiger partial charge in [-0.05, 0) is 25.5 Å². The zero-order valence-corrected chi connectivity index (χ0v) is 14.4. The lowest BCUT2D eigenvalue weighted by molar-refractivity contribution is -0.124. The summed E-state index contributed by atoms with van der Waals surface area (Å²) in [5, 5.41) is 2.88. The zero-order valence-electron chi connectivity index (χ0n) is 13.6. The molecule has 1 aromatic carbocycles. The Bertz CT molecular complexity index is 455. The van der Waals surface area contributed by atoms with Crippen LogP contribution in [0.4, 0.5) is 0 Å². The molecule has 1 amide bonds. The number of amides is 1. The van der Waals surface area contributed by atoms with Crippen molar-refractivity contribution in [2.45, 2.75) is 27.3 Å². The largest absolute Gasteiger partial charge is 0.491 e. The molecule has 0 heterocycles. The smallest absolute Gasteiger partial charge is 0.224 e. The maximum absolute atomic E-state index is 11.8. The van der Waals surface area contributed by atoms with E-state index in [0.717, 1.165) is 16.9 Å². The molecule has 1 rings (SSSR count). The van der Waals surface area contributed by atoms with Crippen LogP contribution in [0.2, 0.25) is 0 Å². The number of nitrogens with one attached hydrogen (secondary N) is 1. The maximum Gasteiger partial charge on any atom is 0.224 e. The quantitative estimate of drug-likeness (QED) is 0.680. The van der Waals surface area contributed by atoms with Gasteiger partial charge in [-0.25, -0.2) is 0 Å². The molecule has 22 heavy (non-hydrogen) atoms. The second-order valence-corrected chi connectivity index (χ2v) is 5.01. The molecule has 0 bridgehead atoms. The van der Waals surface area contributed by atoms with Gasteiger partial charge in [0.05, 0.1) is 6.61 Å². The molecule has 0 fully saturated rings. The third kappa shape index (κ3) is 7.11. The number of aryl methyl sites for hydroxylation is 1. The normalized spacial score (nSPS) is 11.5. The van der Waals surface area contributed by atoms with Gasteiger partial charge < -0.3 is 20.5 Å². The van der Waals surface area contributed by atoms with Gasteiger partial charge in [0.2, 0.25) is 5.91 Å². The second-order valence-electron chi connectivity index (χ2n) is 5.01. The van der Waals surface area contributed by atoms with Crippen molar-refractivity contribution in [2.75, 3.05) is 26.4 Å². The first-order chi connectivity index (χ1) is 10.1. The van der Waals surface area contributed by atoms with E-state index >= 15 is 0 Å². The van der Waals surface area contributed by atoms with Crippen LogP contribution >= 0.6 is 12.4 Å². The van der Waals surface area contributed by atoms with Crippen LogP contribution in [0.3, 0.4) is 0 Å². The number of carbonyl (C=O) groups excluding carboxylic acids is 1. The molecule has 0 saturated heterocycles. The highest BCUT2D eigenvalue weighted by Crippen LogP contribution is 2.20. The molecule has 0 aliphatic rings. The Morgan fingerprint density at radius 2 is 2.09 bits per heavy atom. The fourth-order valence-electron chi connectivity index (χ4n) is 1.76. The molecule has 1 unspecified atom stereocenters. The Morgan fingerprint density at radius 1 is 1.36 bits per heavy atom. The summed E-state index contributed by atoms with van der Waals surface area (Å²) in [5.41, 5.74) is 7.56. The van der Waals surface area contributed by atoms with E-state index in [9.17, 15) is 4.79 Å². The minimum atomic E-state index is -0.183. The van der Waals surface area contributed by atoms with Crippen LogP contribution in [-0.2, 0) is 16.1 Å². The highest BCUT2D eigenvalue weighted by atomic mass is 35.5. The molecule has 0 spiro atoms. The van der Waals surface area contributed by atoms with Gasteiger partial charge in [0.15, 0.2) is 0 Å². The molecule has 1 atom stereocenters. The van der Waals surface area contributed by atoms with Crippen LogP contribution in [0.25, 0.3) is 0 Å². The Labute approximate surface area is 139 Å². The average Bonchev–Trinajstić information content (AvgIpc) is 2.49. The van der Waals surface area contributed by atoms with Gasteiger partial charge in [0, 0.05) is 31.2 Å². The van der Waals surface area contributed by atoms with Crippen LogP contribution in [0.15, 0.2) is 18.2 Å². The molecule has 0 aromatic heterocycles. The summed E-state index contributed by atoms with van der Waals surface area (Å²) in [5.74, 6) is 0.562. The van der Waals surface area contributed by atoms with Crippen molar-refractivity contribution in [1.82, 2.24) is 5.32 Å². The zero-order chi connectivity index (χ0) is 15.7. The SMILES string of the molecule is CCOCCOc1cc(C)ccc1CNC(=O)C(C)CN.Cl. The third-order valence-corrected chi connectivity index (χ3v) is 3.17. The summed E-state index contributed by atoms with van der Waals surface area (Å²) >= 11 is 0. The van der Waals surface area contributed by atoms with Crippen molar-refractivity contribution < 1.29 is 14.3 Å². The lowest BCUT2D eigenvalue weighted by Gasteiger charge is -2.14. The lowest BCUT2D eigenvalue weighted by atomic mass is 10.1. The first-order valence-electron chi connectivity index (χ1n) is 7.36. The molecule has 1 aromatic rings. The van der Waals surface area contributed by atoms with Crippen LogP contribution < -0.4 is 15.8 Å². The highest BCUT2D eigenvalue weighted by molar-refractivity contribution is 5.85. The predicted molar refractivity (Wildman–Crippen MR) is 90.5 cm³/mol. The minimum absolute atomic E-state index is 0. The van der Waals surface area contributed by atoms with Crippen molar-refractivity contribution >= 4 is 18.3 Å². The van der Waals surface area contributed by atoms with Crippen LogP contribution in [-0.4, -0.2) is 32.3 Å². The fourth-order valence-corrected chi connectivity index (χ4v) is 1.76. The molecule has 0 saturated carbocycles. The molecule has 3 N–H and O–H groups in total.